The van der Waals surface area contributed by atoms with Crippen molar-refractivity contribution >= 4 is 17.6 Å². The van der Waals surface area contributed by atoms with Gasteiger partial charge in [0.05, 0.1) is 19.2 Å². The molecule has 0 spiro atoms. The first-order valence-electron chi connectivity index (χ1n) is 5.79. The summed E-state index contributed by atoms with van der Waals surface area (Å²) in [6.07, 6.45) is -0.758. The lowest BCUT2D eigenvalue weighted by molar-refractivity contribution is -0.147. The summed E-state index contributed by atoms with van der Waals surface area (Å²) in [5.41, 5.74) is 0.961. The molecule has 0 bridgehead atoms. The molecular weight excluding hydrogens is 270 g/mol. The van der Waals surface area contributed by atoms with Gasteiger partial charge in [-0.1, -0.05) is 11.6 Å². The molecule has 0 aliphatic rings. The molecule has 1 aromatic carbocycles. The van der Waals surface area contributed by atoms with Crippen molar-refractivity contribution in [3.05, 3.63) is 22.7 Å². The molecule has 1 rings (SSSR count). The Morgan fingerprint density at radius 3 is 2.63 bits per heavy atom. The van der Waals surface area contributed by atoms with E-state index in [1.807, 2.05) is 13.1 Å². The zero-order valence-electron chi connectivity index (χ0n) is 11.5. The second kappa shape index (κ2) is 7.21. The second-order valence-corrected chi connectivity index (χ2v) is 4.33. The molecule has 0 saturated carbocycles. The maximum atomic E-state index is 11.4. The number of esters is 1. The lowest BCUT2D eigenvalue weighted by atomic mass is 10.2. The number of nitrogens with one attached hydrogen (secondary N) is 1. The number of hydrogen-bond donors (Lipinski definition) is 1. The van der Waals surface area contributed by atoms with Crippen LogP contribution in [-0.2, 0) is 16.1 Å². The fraction of sp³-hybridized carbons (Fsp3) is 0.462. The molecule has 5 nitrogen and oxygen atoms in total. The SMILES string of the molecule is CNCc1cc(Cl)c(OC(C)C(=O)OC)c(OC)c1. The fourth-order valence-electron chi connectivity index (χ4n) is 1.58. The molecular formula is C13H18ClNO4. The first-order valence-corrected chi connectivity index (χ1v) is 6.16. The normalized spacial score (nSPS) is 11.8. The monoisotopic (exact) mass is 287 g/mol. The van der Waals surface area contributed by atoms with Gasteiger partial charge in [-0.25, -0.2) is 4.79 Å². The molecule has 1 aromatic rings. The van der Waals surface area contributed by atoms with Crippen molar-refractivity contribution in [3.63, 3.8) is 0 Å². The first-order chi connectivity index (χ1) is 9.03. The van der Waals surface area contributed by atoms with Crippen molar-refractivity contribution < 1.29 is 19.0 Å². The second-order valence-electron chi connectivity index (χ2n) is 3.92. The molecule has 0 aliphatic heterocycles. The number of hydrogen-bond acceptors (Lipinski definition) is 5. The van der Waals surface area contributed by atoms with Gasteiger partial charge in [-0.05, 0) is 31.7 Å². The molecule has 0 heterocycles. The number of carbonyl (C=O) groups is 1. The van der Waals surface area contributed by atoms with E-state index in [-0.39, 0.29) is 0 Å². The summed E-state index contributed by atoms with van der Waals surface area (Å²) >= 11 is 6.16. The van der Waals surface area contributed by atoms with Gasteiger partial charge in [0.25, 0.3) is 0 Å². The number of ether oxygens (including phenoxy) is 3. The van der Waals surface area contributed by atoms with Gasteiger partial charge in [0.1, 0.15) is 0 Å². The minimum atomic E-state index is -0.758. The first kappa shape index (κ1) is 15.6. The summed E-state index contributed by atoms with van der Waals surface area (Å²) in [5, 5.41) is 3.41. The largest absolute Gasteiger partial charge is 0.493 e. The standard InChI is InChI=1S/C13H18ClNO4/c1-8(13(16)18-4)19-12-10(14)5-9(7-15-2)6-11(12)17-3/h5-6,8,15H,7H2,1-4H3. The van der Waals surface area contributed by atoms with Gasteiger partial charge >= 0.3 is 5.97 Å². The van der Waals surface area contributed by atoms with E-state index in [1.54, 1.807) is 13.0 Å². The predicted octanol–water partition coefficient (Wildman–Crippen LogP) is 2.01. The van der Waals surface area contributed by atoms with Crippen LogP contribution in [0.15, 0.2) is 12.1 Å². The zero-order chi connectivity index (χ0) is 14.4. The van der Waals surface area contributed by atoms with Crippen LogP contribution >= 0.6 is 11.6 Å². The smallest absolute Gasteiger partial charge is 0.346 e. The average molecular weight is 288 g/mol. The van der Waals surface area contributed by atoms with E-state index >= 15 is 0 Å². The summed E-state index contributed by atoms with van der Waals surface area (Å²) in [7, 11) is 4.66. The van der Waals surface area contributed by atoms with Gasteiger partial charge in [-0.15, -0.1) is 0 Å². The van der Waals surface area contributed by atoms with Crippen molar-refractivity contribution in [1.29, 1.82) is 0 Å². The highest BCUT2D eigenvalue weighted by Crippen LogP contribution is 2.37. The van der Waals surface area contributed by atoms with Gasteiger partial charge in [-0.2, -0.15) is 0 Å². The summed E-state index contributed by atoms with van der Waals surface area (Å²) < 4.78 is 15.3. The Morgan fingerprint density at radius 2 is 2.11 bits per heavy atom. The molecule has 1 N–H and O–H groups in total. The minimum Gasteiger partial charge on any atom is -0.493 e. The summed E-state index contributed by atoms with van der Waals surface area (Å²) in [6, 6.07) is 3.57. The topological polar surface area (TPSA) is 56.8 Å². The van der Waals surface area contributed by atoms with Crippen LogP contribution in [0.5, 0.6) is 11.5 Å². The van der Waals surface area contributed by atoms with Crippen LogP contribution in [0.25, 0.3) is 0 Å². The van der Waals surface area contributed by atoms with Gasteiger partial charge in [0.15, 0.2) is 17.6 Å². The Hall–Kier alpha value is -1.46. The van der Waals surface area contributed by atoms with E-state index < -0.39 is 12.1 Å². The van der Waals surface area contributed by atoms with Crippen LogP contribution in [0.1, 0.15) is 12.5 Å². The summed E-state index contributed by atoms with van der Waals surface area (Å²) in [4.78, 5) is 11.4. The number of halogens is 1. The molecule has 0 saturated heterocycles. The summed E-state index contributed by atoms with van der Waals surface area (Å²) in [6.45, 7) is 2.24. The van der Waals surface area contributed by atoms with E-state index in [0.717, 1.165) is 5.56 Å². The molecule has 0 radical (unpaired) electrons. The molecule has 0 aliphatic carbocycles. The molecule has 106 valence electrons. The molecule has 1 atom stereocenters. The van der Waals surface area contributed by atoms with Crippen molar-refractivity contribution in [3.8, 4) is 11.5 Å². The Kier molecular flexibility index (Phi) is 5.92. The quantitative estimate of drug-likeness (QED) is 0.811. The Labute approximate surface area is 117 Å². The highest BCUT2D eigenvalue weighted by molar-refractivity contribution is 6.32. The lowest BCUT2D eigenvalue weighted by Crippen LogP contribution is -2.25. The van der Waals surface area contributed by atoms with E-state index in [2.05, 4.69) is 10.1 Å². The third kappa shape index (κ3) is 4.01. The minimum absolute atomic E-state index is 0.335. The highest BCUT2D eigenvalue weighted by atomic mass is 35.5. The van der Waals surface area contributed by atoms with Gasteiger partial charge < -0.3 is 19.5 Å². The van der Waals surface area contributed by atoms with Gasteiger partial charge in [0.2, 0.25) is 0 Å². The Bertz CT molecular complexity index is 451. The molecule has 0 amide bonds. The van der Waals surface area contributed by atoms with Crippen LogP contribution in [0.4, 0.5) is 0 Å². The molecule has 0 aromatic heterocycles. The fourth-order valence-corrected chi connectivity index (χ4v) is 1.86. The molecule has 19 heavy (non-hydrogen) atoms. The highest BCUT2D eigenvalue weighted by Gasteiger charge is 2.20. The van der Waals surface area contributed by atoms with Crippen molar-refractivity contribution in [2.45, 2.75) is 19.6 Å². The van der Waals surface area contributed by atoms with Crippen molar-refractivity contribution in [2.24, 2.45) is 0 Å². The number of rotatable bonds is 6. The van der Waals surface area contributed by atoms with E-state index in [0.29, 0.717) is 23.1 Å². The van der Waals surface area contributed by atoms with Crippen LogP contribution in [0, 0.1) is 0 Å². The van der Waals surface area contributed by atoms with E-state index in [9.17, 15) is 4.79 Å². The van der Waals surface area contributed by atoms with Gasteiger partial charge in [0, 0.05) is 6.54 Å². The third-order valence-corrected chi connectivity index (χ3v) is 2.78. The molecule has 1 unspecified atom stereocenters. The third-order valence-electron chi connectivity index (χ3n) is 2.50. The van der Waals surface area contributed by atoms with Crippen LogP contribution in [0.2, 0.25) is 5.02 Å². The molecule has 6 heteroatoms. The number of benzene rings is 1. The van der Waals surface area contributed by atoms with Crippen LogP contribution < -0.4 is 14.8 Å². The lowest BCUT2D eigenvalue weighted by Gasteiger charge is -2.17. The van der Waals surface area contributed by atoms with Crippen LogP contribution in [-0.4, -0.2) is 33.3 Å². The average Bonchev–Trinajstić information content (AvgIpc) is 2.40. The number of carbonyl (C=O) groups excluding carboxylic acids is 1. The van der Waals surface area contributed by atoms with Crippen molar-refractivity contribution in [1.82, 2.24) is 5.32 Å². The molecule has 0 fully saturated rings. The zero-order valence-corrected chi connectivity index (χ0v) is 12.2. The van der Waals surface area contributed by atoms with Crippen molar-refractivity contribution in [2.75, 3.05) is 21.3 Å². The number of methoxy groups -OCH3 is 2. The van der Waals surface area contributed by atoms with E-state index in [1.165, 1.54) is 14.2 Å². The Morgan fingerprint density at radius 1 is 1.42 bits per heavy atom. The summed E-state index contributed by atoms with van der Waals surface area (Å²) in [5.74, 6) is 0.341. The van der Waals surface area contributed by atoms with Gasteiger partial charge in [-0.3, -0.25) is 0 Å². The van der Waals surface area contributed by atoms with Crippen LogP contribution in [0.3, 0.4) is 0 Å². The van der Waals surface area contributed by atoms with E-state index in [4.69, 9.17) is 21.1 Å². The maximum absolute atomic E-state index is 11.4. The predicted molar refractivity (Wildman–Crippen MR) is 72.9 cm³/mol. The maximum Gasteiger partial charge on any atom is 0.346 e. The Balaban J connectivity index is 3.02.